The Morgan fingerprint density at radius 1 is 1.45 bits per heavy atom. The van der Waals surface area contributed by atoms with Gasteiger partial charge < -0.3 is 10.2 Å². The maximum absolute atomic E-state index is 12.5. The number of hydrogen-bond donors (Lipinski definition) is 1. The van der Waals surface area contributed by atoms with Crippen molar-refractivity contribution < 1.29 is 4.79 Å². The highest BCUT2D eigenvalue weighted by Gasteiger charge is 2.32. The number of nitrogens with one attached hydrogen (secondary N) is 1. The fourth-order valence-corrected chi connectivity index (χ4v) is 4.64. The van der Waals surface area contributed by atoms with Crippen molar-refractivity contribution in [3.05, 3.63) is 28.8 Å². The lowest BCUT2D eigenvalue weighted by Gasteiger charge is -2.30. The highest BCUT2D eigenvalue weighted by molar-refractivity contribution is 7.18. The zero-order valence-electron chi connectivity index (χ0n) is 12.8. The van der Waals surface area contributed by atoms with Crippen LogP contribution in [0.15, 0.2) is 18.2 Å². The van der Waals surface area contributed by atoms with Crippen molar-refractivity contribution in [3.63, 3.8) is 0 Å². The van der Waals surface area contributed by atoms with Gasteiger partial charge in [0.25, 0.3) is 5.91 Å². The number of nitrogens with zero attached hydrogens (tertiary/aromatic N) is 2. The van der Waals surface area contributed by atoms with Crippen LogP contribution >= 0.6 is 11.3 Å². The third kappa shape index (κ3) is 2.63. The smallest absolute Gasteiger partial charge is 0.251 e. The zero-order chi connectivity index (χ0) is 15.1. The number of piperidine rings is 1. The van der Waals surface area contributed by atoms with E-state index < -0.39 is 0 Å². The minimum atomic E-state index is 0.0563. The van der Waals surface area contributed by atoms with Crippen LogP contribution in [0.3, 0.4) is 0 Å². The molecule has 2 aromatic rings. The molecule has 0 spiro atoms. The maximum Gasteiger partial charge on any atom is 0.251 e. The van der Waals surface area contributed by atoms with Crippen LogP contribution in [0.5, 0.6) is 0 Å². The molecule has 22 heavy (non-hydrogen) atoms. The normalized spacial score (nSPS) is 27.2. The van der Waals surface area contributed by atoms with Gasteiger partial charge >= 0.3 is 0 Å². The van der Waals surface area contributed by atoms with E-state index in [9.17, 15) is 4.79 Å². The number of carbonyl (C=O) groups is 1. The number of aryl methyl sites for hydroxylation is 1. The van der Waals surface area contributed by atoms with Crippen molar-refractivity contribution in [2.45, 2.75) is 32.2 Å². The van der Waals surface area contributed by atoms with Gasteiger partial charge in [0, 0.05) is 24.7 Å². The predicted octanol–water partition coefficient (Wildman–Crippen LogP) is 2.68. The van der Waals surface area contributed by atoms with E-state index in [1.165, 1.54) is 19.5 Å². The molecule has 0 saturated carbocycles. The summed E-state index contributed by atoms with van der Waals surface area (Å²) in [6.07, 6.45) is 3.37. The lowest BCUT2D eigenvalue weighted by Crippen LogP contribution is -2.47. The third-order valence-electron chi connectivity index (χ3n) is 4.80. The SMILES string of the molecule is CCc1nc2ccc(C(=O)N[C@@H]3C[C@@H]4CCN(C4)C3)cc2s1. The van der Waals surface area contributed by atoms with Gasteiger partial charge in [-0.25, -0.2) is 4.98 Å². The van der Waals surface area contributed by atoms with Crippen molar-refractivity contribution in [2.24, 2.45) is 5.92 Å². The molecule has 0 aliphatic carbocycles. The summed E-state index contributed by atoms with van der Waals surface area (Å²) in [5, 5.41) is 4.35. The number of aromatic nitrogens is 1. The topological polar surface area (TPSA) is 45.2 Å². The van der Waals surface area contributed by atoms with E-state index in [2.05, 4.69) is 22.1 Å². The summed E-state index contributed by atoms with van der Waals surface area (Å²) < 4.78 is 1.11. The fourth-order valence-electron chi connectivity index (χ4n) is 3.70. The first kappa shape index (κ1) is 14.2. The van der Waals surface area contributed by atoms with Gasteiger partial charge in [-0.1, -0.05) is 6.92 Å². The predicted molar refractivity (Wildman–Crippen MR) is 89.4 cm³/mol. The molecule has 1 N–H and O–H groups in total. The lowest BCUT2D eigenvalue weighted by molar-refractivity contribution is 0.0909. The molecule has 3 heterocycles. The lowest BCUT2D eigenvalue weighted by atomic mass is 9.96. The molecule has 0 radical (unpaired) electrons. The largest absolute Gasteiger partial charge is 0.348 e. The third-order valence-corrected chi connectivity index (χ3v) is 5.96. The monoisotopic (exact) mass is 315 g/mol. The van der Waals surface area contributed by atoms with Gasteiger partial charge in [0.15, 0.2) is 0 Å². The van der Waals surface area contributed by atoms with Crippen molar-refractivity contribution in [3.8, 4) is 0 Å². The first-order valence-corrected chi connectivity index (χ1v) is 8.95. The summed E-state index contributed by atoms with van der Waals surface area (Å²) in [6.45, 7) is 5.53. The Balaban J connectivity index is 1.50. The first-order valence-electron chi connectivity index (χ1n) is 8.14. The Morgan fingerprint density at radius 3 is 3.18 bits per heavy atom. The standard InChI is InChI=1S/C17H21N3OS/c1-2-16-19-14-4-3-12(8-15(14)22-16)17(21)18-13-7-11-5-6-20(9-11)10-13/h3-4,8,11,13H,2,5-7,9-10H2,1H3,(H,18,21)/t11-,13+/m0/s1. The molecule has 4 nitrogen and oxygen atoms in total. The second-order valence-corrected chi connectivity index (χ2v) is 7.58. The second kappa shape index (κ2) is 5.63. The molecular formula is C17H21N3OS. The van der Waals surface area contributed by atoms with Crippen LogP contribution in [0.1, 0.15) is 35.1 Å². The average Bonchev–Trinajstić information content (AvgIpc) is 3.09. The summed E-state index contributed by atoms with van der Waals surface area (Å²) in [4.78, 5) is 19.5. The number of benzene rings is 1. The van der Waals surface area contributed by atoms with Crippen LogP contribution in [0.4, 0.5) is 0 Å². The Hall–Kier alpha value is -1.46. The van der Waals surface area contributed by atoms with Gasteiger partial charge in [0.1, 0.15) is 0 Å². The molecule has 2 aliphatic heterocycles. The molecule has 2 fully saturated rings. The number of amides is 1. The Kier molecular flexibility index (Phi) is 3.62. The van der Waals surface area contributed by atoms with Gasteiger partial charge in [-0.3, -0.25) is 4.79 Å². The van der Waals surface area contributed by atoms with E-state index in [4.69, 9.17) is 0 Å². The first-order chi connectivity index (χ1) is 10.7. The van der Waals surface area contributed by atoms with Gasteiger partial charge in [0.2, 0.25) is 0 Å². The van der Waals surface area contributed by atoms with E-state index in [0.29, 0.717) is 6.04 Å². The highest BCUT2D eigenvalue weighted by Crippen LogP contribution is 2.27. The fraction of sp³-hybridized carbons (Fsp3) is 0.529. The number of thiazole rings is 1. The molecule has 1 unspecified atom stereocenters. The minimum Gasteiger partial charge on any atom is -0.348 e. The molecule has 3 atom stereocenters. The Labute approximate surface area is 134 Å². The van der Waals surface area contributed by atoms with Crippen LogP contribution in [0, 0.1) is 5.92 Å². The molecule has 2 saturated heterocycles. The van der Waals surface area contributed by atoms with Crippen molar-refractivity contribution >= 4 is 27.5 Å². The molecule has 1 aromatic carbocycles. The summed E-state index contributed by atoms with van der Waals surface area (Å²) in [5.74, 6) is 0.830. The molecule has 1 amide bonds. The van der Waals surface area contributed by atoms with Gasteiger partial charge in [0.05, 0.1) is 15.2 Å². The minimum absolute atomic E-state index is 0.0563. The van der Waals surface area contributed by atoms with Crippen LogP contribution in [0.25, 0.3) is 10.2 Å². The van der Waals surface area contributed by atoms with Crippen LogP contribution < -0.4 is 5.32 Å². The Bertz CT molecular complexity index is 699. The number of rotatable bonds is 3. The molecular weight excluding hydrogens is 294 g/mol. The molecule has 4 rings (SSSR count). The average molecular weight is 315 g/mol. The molecule has 2 aliphatic rings. The van der Waals surface area contributed by atoms with Gasteiger partial charge in [-0.15, -0.1) is 11.3 Å². The van der Waals surface area contributed by atoms with Crippen LogP contribution in [-0.4, -0.2) is 41.5 Å². The van der Waals surface area contributed by atoms with Crippen LogP contribution in [-0.2, 0) is 6.42 Å². The maximum atomic E-state index is 12.5. The second-order valence-electron chi connectivity index (χ2n) is 6.46. The zero-order valence-corrected chi connectivity index (χ0v) is 13.7. The van der Waals surface area contributed by atoms with Crippen molar-refractivity contribution in [1.29, 1.82) is 0 Å². The van der Waals surface area contributed by atoms with E-state index >= 15 is 0 Å². The van der Waals surface area contributed by atoms with Gasteiger partial charge in [-0.2, -0.15) is 0 Å². The Morgan fingerprint density at radius 2 is 2.36 bits per heavy atom. The van der Waals surface area contributed by atoms with Crippen molar-refractivity contribution in [2.75, 3.05) is 19.6 Å². The van der Waals surface area contributed by atoms with E-state index in [0.717, 1.165) is 46.1 Å². The highest BCUT2D eigenvalue weighted by atomic mass is 32.1. The summed E-state index contributed by atoms with van der Waals surface area (Å²) >= 11 is 1.69. The molecule has 116 valence electrons. The van der Waals surface area contributed by atoms with E-state index in [-0.39, 0.29) is 5.91 Å². The van der Waals surface area contributed by atoms with E-state index in [1.807, 2.05) is 18.2 Å². The number of carbonyl (C=O) groups excluding carboxylic acids is 1. The van der Waals surface area contributed by atoms with E-state index in [1.54, 1.807) is 11.3 Å². The van der Waals surface area contributed by atoms with Gasteiger partial charge in [-0.05, 0) is 49.9 Å². The van der Waals surface area contributed by atoms with Crippen molar-refractivity contribution in [1.82, 2.24) is 15.2 Å². The summed E-state index contributed by atoms with van der Waals surface area (Å²) in [5.41, 5.74) is 1.76. The summed E-state index contributed by atoms with van der Waals surface area (Å²) in [6, 6.07) is 6.15. The van der Waals surface area contributed by atoms with Crippen LogP contribution in [0.2, 0.25) is 0 Å². The molecule has 5 heteroatoms. The molecule has 2 bridgehead atoms. The summed E-state index contributed by atoms with van der Waals surface area (Å²) in [7, 11) is 0. The molecule has 1 aromatic heterocycles. The quantitative estimate of drug-likeness (QED) is 0.947. The number of hydrogen-bond acceptors (Lipinski definition) is 4. The number of fused-ring (bicyclic) bond motifs is 3.